The van der Waals surface area contributed by atoms with Crippen LogP contribution in [0.15, 0.2) is 24.3 Å². The Labute approximate surface area is 200 Å². The number of aliphatic hydroxyl groups is 1. The number of aliphatic hydroxyl groups excluding tert-OH is 1. The molecule has 194 valence electrons. The van der Waals surface area contributed by atoms with Crippen molar-refractivity contribution in [2.75, 3.05) is 13.2 Å². The van der Waals surface area contributed by atoms with E-state index < -0.39 is 26.5 Å². The largest absolute Gasteiger partial charge is 0.469 e. The van der Waals surface area contributed by atoms with Crippen LogP contribution in [0.2, 0.25) is 0 Å². The summed E-state index contributed by atoms with van der Waals surface area (Å²) >= 11 is 0. The van der Waals surface area contributed by atoms with Crippen LogP contribution in [-0.4, -0.2) is 40.2 Å². The number of carbonyl (C=O) groups excluding carboxylic acids is 1. The maximum atomic E-state index is 11.6. The van der Waals surface area contributed by atoms with Crippen molar-refractivity contribution >= 4 is 13.8 Å². The first-order valence-electron chi connectivity index (χ1n) is 12.7. The topological polar surface area (TPSA) is 113 Å². The van der Waals surface area contributed by atoms with Gasteiger partial charge in [-0.2, -0.15) is 0 Å². The summed E-state index contributed by atoms with van der Waals surface area (Å²) in [7, 11) is -4.62. The molecule has 0 saturated heterocycles. The molecule has 0 bridgehead atoms. The highest BCUT2D eigenvalue weighted by molar-refractivity contribution is 7.46. The minimum absolute atomic E-state index is 0.286. The molecular weight excluding hydrogens is 443 g/mol. The van der Waals surface area contributed by atoms with E-state index in [1.165, 1.54) is 70.6 Å². The van der Waals surface area contributed by atoms with Crippen LogP contribution in [0, 0.1) is 0 Å². The molecule has 0 saturated carbocycles. The monoisotopic (exact) mass is 490 g/mol. The number of carbonyl (C=O) groups is 1. The Morgan fingerprint density at radius 3 is 1.85 bits per heavy atom. The van der Waals surface area contributed by atoms with E-state index in [4.69, 9.17) is 14.5 Å². The van der Waals surface area contributed by atoms with Crippen LogP contribution in [0.5, 0.6) is 0 Å². The lowest BCUT2D eigenvalue weighted by molar-refractivity contribution is -0.147. The number of phosphoric ester groups is 1. The molecule has 3 N–H and O–H groups in total. The molecule has 33 heavy (non-hydrogen) atoms. The number of unbranched alkanes of at least 4 members (excludes halogenated alkanes) is 12. The molecule has 8 heteroatoms. The van der Waals surface area contributed by atoms with E-state index in [2.05, 4.69) is 35.8 Å². The SMILES string of the molecule is CCCCC/C=C\C/C=C\CCCCCCCCCCCC(=O)OCC(O)COP(=O)(O)O. The minimum atomic E-state index is -4.62. The fourth-order valence-corrected chi connectivity index (χ4v) is 3.65. The zero-order valence-electron chi connectivity index (χ0n) is 20.5. The van der Waals surface area contributed by atoms with Gasteiger partial charge in [0.15, 0.2) is 0 Å². The molecule has 0 aromatic rings. The van der Waals surface area contributed by atoms with Gasteiger partial charge in [0.05, 0.1) is 6.61 Å². The number of ether oxygens (including phenoxy) is 1. The van der Waals surface area contributed by atoms with Crippen LogP contribution in [0.25, 0.3) is 0 Å². The van der Waals surface area contributed by atoms with Crippen molar-refractivity contribution in [2.45, 2.75) is 116 Å². The van der Waals surface area contributed by atoms with Crippen LogP contribution in [0.4, 0.5) is 0 Å². The Morgan fingerprint density at radius 2 is 1.30 bits per heavy atom. The van der Waals surface area contributed by atoms with Crippen molar-refractivity contribution in [1.29, 1.82) is 0 Å². The zero-order valence-corrected chi connectivity index (χ0v) is 21.4. The van der Waals surface area contributed by atoms with E-state index in [9.17, 15) is 14.5 Å². The van der Waals surface area contributed by atoms with Crippen LogP contribution in [-0.2, 0) is 18.6 Å². The van der Waals surface area contributed by atoms with E-state index >= 15 is 0 Å². The van der Waals surface area contributed by atoms with Crippen molar-refractivity contribution in [2.24, 2.45) is 0 Å². The fraction of sp³-hybridized carbons (Fsp3) is 0.800. The molecule has 0 aromatic carbocycles. The highest BCUT2D eigenvalue weighted by Crippen LogP contribution is 2.35. The summed E-state index contributed by atoms with van der Waals surface area (Å²) in [5.74, 6) is -0.415. The number of esters is 1. The van der Waals surface area contributed by atoms with Gasteiger partial charge in [-0.05, 0) is 38.5 Å². The first-order chi connectivity index (χ1) is 15.8. The van der Waals surface area contributed by atoms with E-state index in [1.807, 2.05) is 0 Å². The third kappa shape index (κ3) is 27.1. The van der Waals surface area contributed by atoms with Gasteiger partial charge in [0.25, 0.3) is 0 Å². The number of allylic oxidation sites excluding steroid dienone is 4. The van der Waals surface area contributed by atoms with Crippen molar-refractivity contribution in [3.8, 4) is 0 Å². The van der Waals surface area contributed by atoms with Gasteiger partial charge in [0.1, 0.15) is 12.7 Å². The molecule has 0 aromatic heterocycles. The first-order valence-corrected chi connectivity index (χ1v) is 14.2. The zero-order chi connectivity index (χ0) is 24.6. The third-order valence-electron chi connectivity index (χ3n) is 5.20. The molecular formula is C25H47O7P. The molecule has 0 amide bonds. The van der Waals surface area contributed by atoms with Gasteiger partial charge in [-0.3, -0.25) is 9.32 Å². The van der Waals surface area contributed by atoms with Gasteiger partial charge >= 0.3 is 13.8 Å². The summed E-state index contributed by atoms with van der Waals surface area (Å²) in [4.78, 5) is 28.7. The summed E-state index contributed by atoms with van der Waals surface area (Å²) in [6.45, 7) is 1.33. The average molecular weight is 491 g/mol. The van der Waals surface area contributed by atoms with Crippen molar-refractivity contribution < 1.29 is 33.5 Å². The molecule has 0 spiro atoms. The second-order valence-corrected chi connectivity index (χ2v) is 9.76. The summed E-state index contributed by atoms with van der Waals surface area (Å²) < 4.78 is 19.5. The average Bonchev–Trinajstić information content (AvgIpc) is 2.77. The van der Waals surface area contributed by atoms with Gasteiger partial charge in [-0.15, -0.1) is 0 Å². The van der Waals surface area contributed by atoms with Crippen LogP contribution >= 0.6 is 7.82 Å². The molecule has 0 radical (unpaired) electrons. The fourth-order valence-electron chi connectivity index (χ4n) is 3.28. The van der Waals surface area contributed by atoms with Gasteiger partial charge < -0.3 is 19.6 Å². The van der Waals surface area contributed by atoms with E-state index in [0.717, 1.165) is 25.7 Å². The molecule has 1 unspecified atom stereocenters. The van der Waals surface area contributed by atoms with Crippen LogP contribution < -0.4 is 0 Å². The summed E-state index contributed by atoms with van der Waals surface area (Å²) in [6, 6.07) is 0. The Morgan fingerprint density at radius 1 is 0.788 bits per heavy atom. The Kier molecular flexibility index (Phi) is 22.1. The lowest BCUT2D eigenvalue weighted by atomic mass is 10.1. The van der Waals surface area contributed by atoms with Crippen molar-refractivity contribution in [3.63, 3.8) is 0 Å². The smallest absolute Gasteiger partial charge is 0.463 e. The molecule has 0 fully saturated rings. The molecule has 0 heterocycles. The highest BCUT2D eigenvalue weighted by Gasteiger charge is 2.17. The quantitative estimate of drug-likeness (QED) is 0.0659. The van der Waals surface area contributed by atoms with E-state index in [-0.39, 0.29) is 13.0 Å². The first kappa shape index (κ1) is 32.0. The van der Waals surface area contributed by atoms with Gasteiger partial charge in [0.2, 0.25) is 0 Å². The van der Waals surface area contributed by atoms with Crippen LogP contribution in [0.3, 0.4) is 0 Å². The maximum Gasteiger partial charge on any atom is 0.469 e. The number of phosphoric acid groups is 1. The van der Waals surface area contributed by atoms with Gasteiger partial charge in [-0.1, -0.05) is 89.0 Å². The van der Waals surface area contributed by atoms with Crippen LogP contribution in [0.1, 0.15) is 110 Å². The molecule has 0 rings (SSSR count). The van der Waals surface area contributed by atoms with Gasteiger partial charge in [-0.25, -0.2) is 4.57 Å². The Hall–Kier alpha value is -0.980. The second kappa shape index (κ2) is 22.8. The Bertz CT molecular complexity index is 557. The maximum absolute atomic E-state index is 11.6. The second-order valence-electron chi connectivity index (χ2n) is 8.52. The Balaban J connectivity index is 3.35. The number of hydrogen-bond acceptors (Lipinski definition) is 5. The number of hydrogen-bond donors (Lipinski definition) is 3. The molecule has 0 aliphatic carbocycles. The molecule has 7 nitrogen and oxygen atoms in total. The minimum Gasteiger partial charge on any atom is -0.463 e. The normalized spacial score (nSPS) is 13.2. The molecule has 0 aliphatic heterocycles. The lowest BCUT2D eigenvalue weighted by Crippen LogP contribution is -2.23. The molecule has 0 aliphatic rings. The van der Waals surface area contributed by atoms with E-state index in [1.54, 1.807) is 0 Å². The predicted octanol–water partition coefficient (Wildman–Crippen LogP) is 6.37. The van der Waals surface area contributed by atoms with Gasteiger partial charge in [0, 0.05) is 6.42 Å². The standard InChI is InChI=1S/C25H47O7P/c1-2-3-4-5-6-7-8-9-10-11-12-13-14-15-16-17-18-19-20-21-25(27)31-22-24(26)23-32-33(28,29)30/h6-7,9-10,24,26H,2-5,8,11-23H2,1H3,(H2,28,29,30)/b7-6-,10-9-. The van der Waals surface area contributed by atoms with Crippen molar-refractivity contribution in [3.05, 3.63) is 24.3 Å². The summed E-state index contributed by atoms with van der Waals surface area (Å²) in [5, 5.41) is 9.44. The summed E-state index contributed by atoms with van der Waals surface area (Å²) in [6.07, 6.45) is 25.9. The number of rotatable bonds is 23. The van der Waals surface area contributed by atoms with E-state index in [0.29, 0.717) is 0 Å². The highest BCUT2D eigenvalue weighted by atomic mass is 31.2. The lowest BCUT2D eigenvalue weighted by Gasteiger charge is -2.12. The summed E-state index contributed by atoms with van der Waals surface area (Å²) in [5.41, 5.74) is 0. The molecule has 1 atom stereocenters. The van der Waals surface area contributed by atoms with Crippen molar-refractivity contribution in [1.82, 2.24) is 0 Å². The predicted molar refractivity (Wildman–Crippen MR) is 133 cm³/mol. The third-order valence-corrected chi connectivity index (χ3v) is 5.69.